The summed E-state index contributed by atoms with van der Waals surface area (Å²) in [6.45, 7) is 0. The minimum atomic E-state index is -0.297. The fraction of sp³-hybridized carbons (Fsp3) is 0. The van der Waals surface area contributed by atoms with Crippen LogP contribution in [0, 0.1) is 4.77 Å². The van der Waals surface area contributed by atoms with Gasteiger partial charge in [-0.1, -0.05) is 0 Å². The Morgan fingerprint density at radius 1 is 1.31 bits per heavy atom. The Morgan fingerprint density at radius 2 is 2.08 bits per heavy atom. The van der Waals surface area contributed by atoms with E-state index >= 15 is 0 Å². The fourth-order valence-corrected chi connectivity index (χ4v) is 1.36. The number of aromatic amines is 2. The van der Waals surface area contributed by atoms with Gasteiger partial charge < -0.3 is 10.1 Å². The predicted octanol–water partition coefficient (Wildman–Crippen LogP) is 1.29. The third-order valence-electron chi connectivity index (χ3n) is 1.72. The van der Waals surface area contributed by atoms with E-state index in [-0.39, 0.29) is 16.1 Å². The molecule has 0 saturated carbocycles. The highest BCUT2D eigenvalue weighted by atomic mass is 32.1. The summed E-state index contributed by atoms with van der Waals surface area (Å²) in [5, 5.41) is 9.53. The van der Waals surface area contributed by atoms with Crippen LogP contribution in [0.1, 0.15) is 0 Å². The zero-order valence-electron chi connectivity index (χ0n) is 6.50. The van der Waals surface area contributed by atoms with Crippen molar-refractivity contribution in [1.82, 2.24) is 9.97 Å². The molecule has 0 atom stereocenters. The molecule has 0 radical (unpaired) electrons. The van der Waals surface area contributed by atoms with Crippen LogP contribution in [0.3, 0.4) is 0 Å². The van der Waals surface area contributed by atoms with Crippen molar-refractivity contribution in [3.8, 4) is 5.75 Å². The molecule has 1 heterocycles. The summed E-state index contributed by atoms with van der Waals surface area (Å²) in [5.41, 5.74) is 0.321. The highest BCUT2D eigenvalue weighted by molar-refractivity contribution is 7.71. The average Bonchev–Trinajstić information content (AvgIpc) is 2.06. The first kappa shape index (κ1) is 8.00. The number of rotatable bonds is 0. The molecule has 0 saturated heterocycles. The minimum Gasteiger partial charge on any atom is -0.508 e. The van der Waals surface area contributed by atoms with Gasteiger partial charge >= 0.3 is 0 Å². The van der Waals surface area contributed by atoms with Crippen molar-refractivity contribution in [3.05, 3.63) is 33.3 Å². The van der Waals surface area contributed by atoms with Gasteiger partial charge in [0.25, 0.3) is 5.56 Å². The van der Waals surface area contributed by atoms with Gasteiger partial charge in [0.15, 0.2) is 4.77 Å². The minimum absolute atomic E-state index is 0.0588. The molecule has 0 bridgehead atoms. The van der Waals surface area contributed by atoms with E-state index in [0.717, 1.165) is 0 Å². The predicted molar refractivity (Wildman–Crippen MR) is 51.4 cm³/mol. The molecule has 4 nitrogen and oxygen atoms in total. The van der Waals surface area contributed by atoms with Gasteiger partial charge in [-0.15, -0.1) is 0 Å². The number of phenols is 1. The summed E-state index contributed by atoms with van der Waals surface area (Å²) in [6.07, 6.45) is 0. The van der Waals surface area contributed by atoms with E-state index in [1.807, 2.05) is 0 Å². The van der Waals surface area contributed by atoms with Crippen LogP contribution < -0.4 is 5.56 Å². The lowest BCUT2D eigenvalue weighted by molar-refractivity contribution is 0.476. The molecule has 13 heavy (non-hydrogen) atoms. The van der Waals surface area contributed by atoms with Crippen molar-refractivity contribution >= 4 is 23.1 Å². The fourth-order valence-electron chi connectivity index (χ4n) is 1.15. The van der Waals surface area contributed by atoms with Gasteiger partial charge in [0.2, 0.25) is 0 Å². The van der Waals surface area contributed by atoms with Crippen molar-refractivity contribution in [3.63, 3.8) is 0 Å². The largest absolute Gasteiger partial charge is 0.508 e. The smallest absolute Gasteiger partial charge is 0.259 e. The standard InChI is InChI=1S/C8H6N2O2S/c11-4-1-2-6-5(3-4)7(12)10-8(13)9-6/h1-3,11H,(H2,9,10,12,13). The number of nitrogens with one attached hydrogen (secondary N) is 2. The lowest BCUT2D eigenvalue weighted by Crippen LogP contribution is -2.07. The average molecular weight is 194 g/mol. The molecule has 2 aromatic rings. The van der Waals surface area contributed by atoms with Gasteiger partial charge in [-0.2, -0.15) is 0 Å². The summed E-state index contributed by atoms with van der Waals surface area (Å²) >= 11 is 4.79. The number of aromatic nitrogens is 2. The van der Waals surface area contributed by atoms with Crippen LogP contribution >= 0.6 is 12.2 Å². The van der Waals surface area contributed by atoms with E-state index in [4.69, 9.17) is 17.3 Å². The number of hydrogen-bond acceptors (Lipinski definition) is 3. The Kier molecular flexibility index (Phi) is 1.66. The number of benzene rings is 1. The van der Waals surface area contributed by atoms with Crippen LogP contribution in [0.4, 0.5) is 0 Å². The third-order valence-corrected chi connectivity index (χ3v) is 1.93. The summed E-state index contributed by atoms with van der Waals surface area (Å²) in [6, 6.07) is 4.49. The lowest BCUT2D eigenvalue weighted by atomic mass is 10.2. The second kappa shape index (κ2) is 2.70. The highest BCUT2D eigenvalue weighted by Gasteiger charge is 1.99. The van der Waals surface area contributed by atoms with Crippen LogP contribution in [-0.4, -0.2) is 15.1 Å². The molecule has 0 spiro atoms. The second-order valence-corrected chi connectivity index (χ2v) is 3.05. The Balaban J connectivity index is 3.04. The topological polar surface area (TPSA) is 68.9 Å². The summed E-state index contributed by atoms with van der Waals surface area (Å²) in [4.78, 5) is 16.5. The molecular weight excluding hydrogens is 188 g/mol. The van der Waals surface area contributed by atoms with E-state index in [1.165, 1.54) is 12.1 Å². The molecular formula is C8H6N2O2S. The molecule has 1 aromatic heterocycles. The number of hydrogen-bond donors (Lipinski definition) is 3. The van der Waals surface area contributed by atoms with Crippen LogP contribution in [0.15, 0.2) is 23.0 Å². The van der Waals surface area contributed by atoms with Crippen molar-refractivity contribution in [2.24, 2.45) is 0 Å². The summed E-state index contributed by atoms with van der Waals surface area (Å²) < 4.78 is 0.281. The van der Waals surface area contributed by atoms with Gasteiger partial charge in [-0.3, -0.25) is 9.78 Å². The number of phenolic OH excluding ortho intramolecular Hbond substituents is 1. The van der Waals surface area contributed by atoms with E-state index in [1.54, 1.807) is 6.07 Å². The SMILES string of the molecule is O=c1[nH]c(=S)[nH]c2ccc(O)cc12. The molecule has 0 aliphatic heterocycles. The maximum absolute atomic E-state index is 11.3. The second-order valence-electron chi connectivity index (χ2n) is 2.64. The first-order chi connectivity index (χ1) is 6.16. The van der Waals surface area contributed by atoms with Gasteiger partial charge in [-0.05, 0) is 30.4 Å². The lowest BCUT2D eigenvalue weighted by Gasteiger charge is -1.96. The Labute approximate surface area is 77.9 Å². The number of H-pyrrole nitrogens is 2. The highest BCUT2D eigenvalue weighted by Crippen LogP contribution is 2.13. The third kappa shape index (κ3) is 1.33. The Hall–Kier alpha value is -1.62. The van der Waals surface area contributed by atoms with E-state index in [2.05, 4.69) is 9.97 Å². The first-order valence-corrected chi connectivity index (χ1v) is 4.03. The number of fused-ring (bicyclic) bond motifs is 1. The van der Waals surface area contributed by atoms with Crippen molar-refractivity contribution in [2.75, 3.05) is 0 Å². The number of aromatic hydroxyl groups is 1. The van der Waals surface area contributed by atoms with Crippen molar-refractivity contribution < 1.29 is 5.11 Å². The molecule has 0 aliphatic carbocycles. The molecule has 0 aliphatic rings. The summed E-state index contributed by atoms with van der Waals surface area (Å²) in [7, 11) is 0. The van der Waals surface area contributed by atoms with Crippen LogP contribution in [-0.2, 0) is 0 Å². The maximum atomic E-state index is 11.3. The van der Waals surface area contributed by atoms with Gasteiger partial charge in [0, 0.05) is 0 Å². The van der Waals surface area contributed by atoms with Crippen molar-refractivity contribution in [2.45, 2.75) is 0 Å². The van der Waals surface area contributed by atoms with Crippen molar-refractivity contribution in [1.29, 1.82) is 0 Å². The van der Waals surface area contributed by atoms with Gasteiger partial charge in [-0.25, -0.2) is 0 Å². The van der Waals surface area contributed by atoms with E-state index in [0.29, 0.717) is 10.9 Å². The van der Waals surface area contributed by atoms with Crippen LogP contribution in [0.25, 0.3) is 10.9 Å². The van der Waals surface area contributed by atoms with Gasteiger partial charge in [0.1, 0.15) is 5.75 Å². The quantitative estimate of drug-likeness (QED) is 0.553. The monoisotopic (exact) mass is 194 g/mol. The Bertz CT molecular complexity index is 570. The summed E-state index contributed by atoms with van der Waals surface area (Å²) in [5.74, 6) is 0.0588. The molecule has 0 unspecified atom stereocenters. The zero-order chi connectivity index (χ0) is 9.42. The molecule has 3 N–H and O–H groups in total. The Morgan fingerprint density at radius 3 is 2.85 bits per heavy atom. The van der Waals surface area contributed by atoms with Gasteiger partial charge in [0.05, 0.1) is 10.9 Å². The molecule has 2 rings (SSSR count). The molecule has 5 heteroatoms. The molecule has 0 amide bonds. The zero-order valence-corrected chi connectivity index (χ0v) is 7.31. The molecule has 0 fully saturated rings. The van der Waals surface area contributed by atoms with E-state index < -0.39 is 0 Å². The van der Waals surface area contributed by atoms with Crippen LogP contribution in [0.2, 0.25) is 0 Å². The molecule has 1 aromatic carbocycles. The molecule has 66 valence electrons. The first-order valence-electron chi connectivity index (χ1n) is 3.62. The van der Waals surface area contributed by atoms with Crippen LogP contribution in [0.5, 0.6) is 5.75 Å². The normalized spacial score (nSPS) is 10.5. The maximum Gasteiger partial charge on any atom is 0.259 e. The van der Waals surface area contributed by atoms with E-state index in [9.17, 15) is 4.79 Å².